The number of benzene rings is 2. The van der Waals surface area contributed by atoms with Gasteiger partial charge >= 0.3 is 5.97 Å². The Morgan fingerprint density at radius 3 is 2.00 bits per heavy atom. The fourth-order valence-corrected chi connectivity index (χ4v) is 2.46. The summed E-state index contributed by atoms with van der Waals surface area (Å²) in [7, 11) is 0. The molecule has 3 rings (SSSR count). The van der Waals surface area contributed by atoms with Crippen LogP contribution in [0.1, 0.15) is 17.2 Å². The van der Waals surface area contributed by atoms with Crippen LogP contribution < -0.4 is 0 Å². The SMILES string of the molecule is O=C(CCl)OC1c2ccccc2-c2ccccc21. The van der Waals surface area contributed by atoms with Crippen molar-refractivity contribution in [2.45, 2.75) is 6.10 Å². The average Bonchev–Trinajstić information content (AvgIpc) is 2.74. The first-order valence-electron chi connectivity index (χ1n) is 5.75. The van der Waals surface area contributed by atoms with Gasteiger partial charge in [-0.15, -0.1) is 11.6 Å². The van der Waals surface area contributed by atoms with Gasteiger partial charge in [-0.2, -0.15) is 0 Å². The van der Waals surface area contributed by atoms with Crippen LogP contribution in [0.25, 0.3) is 11.1 Å². The molecule has 2 nitrogen and oxygen atoms in total. The maximum atomic E-state index is 11.4. The van der Waals surface area contributed by atoms with Gasteiger partial charge in [-0.05, 0) is 11.1 Å². The highest BCUT2D eigenvalue weighted by Gasteiger charge is 2.30. The largest absolute Gasteiger partial charge is 0.452 e. The highest BCUT2D eigenvalue weighted by molar-refractivity contribution is 6.26. The Hall–Kier alpha value is -1.80. The molecule has 2 aromatic rings. The fourth-order valence-electron chi connectivity index (χ4n) is 2.40. The third-order valence-corrected chi connectivity index (χ3v) is 3.35. The summed E-state index contributed by atoms with van der Waals surface area (Å²) in [6, 6.07) is 15.9. The van der Waals surface area contributed by atoms with E-state index in [4.69, 9.17) is 16.3 Å². The Balaban J connectivity index is 2.12. The molecule has 0 aliphatic heterocycles. The number of hydrogen-bond donors (Lipinski definition) is 0. The summed E-state index contributed by atoms with van der Waals surface area (Å²) < 4.78 is 5.44. The van der Waals surface area contributed by atoms with Gasteiger partial charge in [0, 0.05) is 11.1 Å². The molecule has 0 spiro atoms. The Kier molecular flexibility index (Phi) is 2.80. The second kappa shape index (κ2) is 4.46. The lowest BCUT2D eigenvalue weighted by Gasteiger charge is -2.13. The lowest BCUT2D eigenvalue weighted by atomic mass is 10.1. The van der Waals surface area contributed by atoms with Crippen molar-refractivity contribution in [1.29, 1.82) is 0 Å². The molecule has 0 bridgehead atoms. The molecular weight excluding hydrogens is 248 g/mol. The molecule has 0 saturated heterocycles. The molecule has 0 N–H and O–H groups in total. The summed E-state index contributed by atoms with van der Waals surface area (Å²) in [5, 5.41) is 0. The Bertz CT molecular complexity index is 561. The minimum Gasteiger partial charge on any atom is -0.452 e. The van der Waals surface area contributed by atoms with Crippen LogP contribution in [0, 0.1) is 0 Å². The van der Waals surface area contributed by atoms with E-state index in [-0.39, 0.29) is 12.0 Å². The predicted octanol–water partition coefficient (Wildman–Crippen LogP) is 3.54. The lowest BCUT2D eigenvalue weighted by Crippen LogP contribution is -2.11. The number of halogens is 1. The first-order valence-corrected chi connectivity index (χ1v) is 6.28. The van der Waals surface area contributed by atoms with Crippen molar-refractivity contribution in [1.82, 2.24) is 0 Å². The Labute approximate surface area is 110 Å². The molecule has 0 saturated carbocycles. The van der Waals surface area contributed by atoms with Crippen molar-refractivity contribution in [3.05, 3.63) is 59.7 Å². The maximum Gasteiger partial charge on any atom is 0.321 e. The van der Waals surface area contributed by atoms with Gasteiger partial charge in [0.25, 0.3) is 0 Å². The van der Waals surface area contributed by atoms with Crippen LogP contribution in [-0.2, 0) is 9.53 Å². The van der Waals surface area contributed by atoms with Crippen LogP contribution in [0.3, 0.4) is 0 Å². The zero-order valence-corrected chi connectivity index (χ0v) is 10.4. The third-order valence-electron chi connectivity index (χ3n) is 3.14. The second-order valence-corrected chi connectivity index (χ2v) is 4.45. The number of rotatable bonds is 2. The molecule has 18 heavy (non-hydrogen) atoms. The Morgan fingerprint density at radius 2 is 1.50 bits per heavy atom. The summed E-state index contributed by atoms with van der Waals surface area (Å²) in [6.07, 6.45) is -0.330. The monoisotopic (exact) mass is 258 g/mol. The van der Waals surface area contributed by atoms with E-state index < -0.39 is 5.97 Å². The summed E-state index contributed by atoms with van der Waals surface area (Å²) >= 11 is 5.51. The summed E-state index contributed by atoms with van der Waals surface area (Å²) in [6.45, 7) is 0. The van der Waals surface area contributed by atoms with Gasteiger partial charge in [0.15, 0.2) is 6.10 Å². The topological polar surface area (TPSA) is 26.3 Å². The van der Waals surface area contributed by atoms with Crippen molar-refractivity contribution in [2.24, 2.45) is 0 Å². The first kappa shape index (κ1) is 11.3. The van der Waals surface area contributed by atoms with Crippen LogP contribution in [0.4, 0.5) is 0 Å². The number of alkyl halides is 1. The van der Waals surface area contributed by atoms with E-state index in [0.29, 0.717) is 0 Å². The van der Waals surface area contributed by atoms with Crippen LogP contribution in [-0.4, -0.2) is 11.8 Å². The standard InChI is InChI=1S/C15H11ClO2/c16-9-14(17)18-15-12-7-3-1-5-10(12)11-6-2-4-8-13(11)15/h1-8,15H,9H2. The molecule has 3 heteroatoms. The van der Waals surface area contributed by atoms with E-state index in [2.05, 4.69) is 0 Å². The van der Waals surface area contributed by atoms with Crippen molar-refractivity contribution < 1.29 is 9.53 Å². The van der Waals surface area contributed by atoms with E-state index in [1.165, 1.54) is 0 Å². The minimum atomic E-state index is -0.395. The number of carbonyl (C=O) groups is 1. The summed E-state index contributed by atoms with van der Waals surface area (Å²) in [5.41, 5.74) is 4.30. The number of fused-ring (bicyclic) bond motifs is 3. The maximum absolute atomic E-state index is 11.4. The first-order chi connectivity index (χ1) is 8.81. The number of hydrogen-bond acceptors (Lipinski definition) is 2. The molecule has 0 heterocycles. The number of esters is 1. The zero-order chi connectivity index (χ0) is 12.5. The molecule has 0 unspecified atom stereocenters. The van der Waals surface area contributed by atoms with Gasteiger partial charge in [-0.1, -0.05) is 48.5 Å². The molecule has 0 fully saturated rings. The van der Waals surface area contributed by atoms with Crippen LogP contribution in [0.5, 0.6) is 0 Å². The van der Waals surface area contributed by atoms with Crippen LogP contribution in [0.15, 0.2) is 48.5 Å². The van der Waals surface area contributed by atoms with E-state index in [0.717, 1.165) is 22.3 Å². The highest BCUT2D eigenvalue weighted by Crippen LogP contribution is 2.44. The van der Waals surface area contributed by atoms with Gasteiger partial charge in [0.05, 0.1) is 0 Å². The Morgan fingerprint density at radius 1 is 1.00 bits per heavy atom. The molecule has 0 atom stereocenters. The third kappa shape index (κ3) is 1.70. The summed E-state index contributed by atoms with van der Waals surface area (Å²) in [5.74, 6) is -0.519. The van der Waals surface area contributed by atoms with Crippen molar-refractivity contribution in [3.8, 4) is 11.1 Å². The van der Waals surface area contributed by atoms with E-state index in [1.807, 2.05) is 48.5 Å². The highest BCUT2D eigenvalue weighted by atomic mass is 35.5. The van der Waals surface area contributed by atoms with Crippen molar-refractivity contribution in [3.63, 3.8) is 0 Å². The normalized spacial score (nSPS) is 12.9. The van der Waals surface area contributed by atoms with E-state index >= 15 is 0 Å². The molecular formula is C15H11ClO2. The summed E-state index contributed by atoms with van der Waals surface area (Å²) in [4.78, 5) is 11.4. The smallest absolute Gasteiger partial charge is 0.321 e. The van der Waals surface area contributed by atoms with Crippen LogP contribution in [0.2, 0.25) is 0 Å². The molecule has 1 aliphatic rings. The number of ether oxygens (including phenoxy) is 1. The van der Waals surface area contributed by atoms with Crippen molar-refractivity contribution in [2.75, 3.05) is 5.88 Å². The second-order valence-electron chi connectivity index (χ2n) is 4.18. The molecule has 0 radical (unpaired) electrons. The molecule has 2 aromatic carbocycles. The van der Waals surface area contributed by atoms with Gasteiger partial charge in [0.1, 0.15) is 5.88 Å². The minimum absolute atomic E-state index is 0.124. The quantitative estimate of drug-likeness (QED) is 0.608. The molecule has 1 aliphatic carbocycles. The van der Waals surface area contributed by atoms with Gasteiger partial charge in [-0.3, -0.25) is 4.79 Å². The van der Waals surface area contributed by atoms with Gasteiger partial charge in [0.2, 0.25) is 0 Å². The molecule has 0 aromatic heterocycles. The molecule has 90 valence electrons. The zero-order valence-electron chi connectivity index (χ0n) is 9.60. The van der Waals surface area contributed by atoms with E-state index in [9.17, 15) is 4.79 Å². The van der Waals surface area contributed by atoms with Gasteiger partial charge in [-0.25, -0.2) is 0 Å². The predicted molar refractivity (Wildman–Crippen MR) is 70.5 cm³/mol. The number of carbonyl (C=O) groups excluding carboxylic acids is 1. The fraction of sp³-hybridized carbons (Fsp3) is 0.133. The van der Waals surface area contributed by atoms with Crippen molar-refractivity contribution >= 4 is 17.6 Å². The van der Waals surface area contributed by atoms with Crippen LogP contribution >= 0.6 is 11.6 Å². The van der Waals surface area contributed by atoms with Gasteiger partial charge < -0.3 is 4.74 Å². The molecule has 0 amide bonds. The average molecular weight is 259 g/mol. The lowest BCUT2D eigenvalue weighted by molar-refractivity contribution is -0.144. The van der Waals surface area contributed by atoms with E-state index in [1.54, 1.807) is 0 Å².